The van der Waals surface area contributed by atoms with Crippen molar-refractivity contribution in [3.63, 3.8) is 0 Å². The maximum atomic E-state index is 12.3. The highest BCUT2D eigenvalue weighted by Gasteiger charge is 2.20. The van der Waals surface area contributed by atoms with Gasteiger partial charge in [-0.1, -0.05) is 0 Å². The van der Waals surface area contributed by atoms with Gasteiger partial charge in [-0.15, -0.1) is 0 Å². The van der Waals surface area contributed by atoms with E-state index in [1.54, 1.807) is 6.07 Å². The number of anilines is 1. The number of aromatic nitrogens is 1. The number of benzene rings is 1. The highest BCUT2D eigenvalue weighted by molar-refractivity contribution is 9.10. The first kappa shape index (κ1) is 15.9. The third-order valence-corrected chi connectivity index (χ3v) is 5.25. The summed E-state index contributed by atoms with van der Waals surface area (Å²) in [6.45, 7) is 0. The van der Waals surface area contributed by atoms with Gasteiger partial charge >= 0.3 is 5.97 Å². The van der Waals surface area contributed by atoms with Crippen LogP contribution < -0.4 is 4.72 Å². The van der Waals surface area contributed by atoms with E-state index in [9.17, 15) is 13.2 Å². The Morgan fingerprint density at radius 1 is 1.19 bits per heavy atom. The van der Waals surface area contributed by atoms with E-state index in [2.05, 4.69) is 41.6 Å². The first-order valence-electron chi connectivity index (χ1n) is 5.47. The van der Waals surface area contributed by atoms with Crippen molar-refractivity contribution in [2.45, 2.75) is 4.90 Å². The SMILES string of the molecule is O=C(O)c1ccc(Br)c(S(=O)(=O)Nc2ccc(Br)cn2)c1. The molecule has 0 atom stereocenters. The minimum absolute atomic E-state index is 0.123. The number of carboxylic acids is 1. The summed E-state index contributed by atoms with van der Waals surface area (Å²) < 4.78 is 27.8. The largest absolute Gasteiger partial charge is 0.478 e. The van der Waals surface area contributed by atoms with Crippen LogP contribution in [0.25, 0.3) is 0 Å². The number of hydrogen-bond acceptors (Lipinski definition) is 4. The van der Waals surface area contributed by atoms with Crippen molar-refractivity contribution >= 4 is 53.7 Å². The van der Waals surface area contributed by atoms with Crippen molar-refractivity contribution < 1.29 is 18.3 Å². The summed E-state index contributed by atoms with van der Waals surface area (Å²) in [4.78, 5) is 14.7. The van der Waals surface area contributed by atoms with Crippen LogP contribution in [0.3, 0.4) is 0 Å². The van der Waals surface area contributed by atoms with Gasteiger partial charge in [0.2, 0.25) is 0 Å². The summed E-state index contributed by atoms with van der Waals surface area (Å²) in [5, 5.41) is 8.94. The van der Waals surface area contributed by atoms with Crippen LogP contribution in [-0.2, 0) is 10.0 Å². The normalized spacial score (nSPS) is 11.1. The molecule has 2 rings (SSSR count). The summed E-state index contributed by atoms with van der Waals surface area (Å²) in [7, 11) is -3.95. The zero-order valence-corrected chi connectivity index (χ0v) is 14.2. The van der Waals surface area contributed by atoms with E-state index in [0.29, 0.717) is 4.47 Å². The smallest absolute Gasteiger partial charge is 0.335 e. The second-order valence-electron chi connectivity index (χ2n) is 3.92. The van der Waals surface area contributed by atoms with E-state index in [-0.39, 0.29) is 20.7 Å². The Bertz CT molecular complexity index is 791. The number of carbonyl (C=O) groups is 1. The molecular formula is C12H8Br2N2O4S. The molecule has 9 heteroatoms. The lowest BCUT2D eigenvalue weighted by molar-refractivity contribution is 0.0696. The monoisotopic (exact) mass is 434 g/mol. The predicted octanol–water partition coefficient (Wildman–Crippen LogP) is 3.11. The van der Waals surface area contributed by atoms with Crippen molar-refractivity contribution in [1.29, 1.82) is 0 Å². The zero-order chi connectivity index (χ0) is 15.6. The van der Waals surface area contributed by atoms with Gasteiger partial charge in [-0.3, -0.25) is 4.72 Å². The minimum atomic E-state index is -3.95. The van der Waals surface area contributed by atoms with Crippen LogP contribution in [0.15, 0.2) is 50.4 Å². The van der Waals surface area contributed by atoms with Gasteiger partial charge < -0.3 is 5.11 Å². The Hall–Kier alpha value is -1.45. The number of hydrogen-bond donors (Lipinski definition) is 2. The van der Waals surface area contributed by atoms with Crippen LogP contribution in [0.5, 0.6) is 0 Å². The quantitative estimate of drug-likeness (QED) is 0.768. The molecule has 0 bridgehead atoms. The van der Waals surface area contributed by atoms with E-state index in [4.69, 9.17) is 5.11 Å². The first-order valence-corrected chi connectivity index (χ1v) is 8.54. The van der Waals surface area contributed by atoms with Crippen molar-refractivity contribution in [2.24, 2.45) is 0 Å². The third-order valence-electron chi connectivity index (χ3n) is 2.43. The molecule has 0 aliphatic carbocycles. The molecule has 0 amide bonds. The average molecular weight is 436 g/mol. The molecule has 0 aliphatic heterocycles. The second-order valence-corrected chi connectivity index (χ2v) is 7.34. The van der Waals surface area contributed by atoms with Gasteiger partial charge in [-0.2, -0.15) is 0 Å². The fourth-order valence-electron chi connectivity index (χ4n) is 1.47. The molecule has 1 aromatic heterocycles. The number of sulfonamides is 1. The van der Waals surface area contributed by atoms with Crippen LogP contribution in [-0.4, -0.2) is 24.5 Å². The van der Waals surface area contributed by atoms with Crippen LogP contribution in [0.4, 0.5) is 5.82 Å². The number of halogens is 2. The van der Waals surface area contributed by atoms with Crippen LogP contribution in [0.2, 0.25) is 0 Å². The summed E-state index contributed by atoms with van der Waals surface area (Å²) in [6, 6.07) is 6.87. The Labute approximate surface area is 137 Å². The number of pyridine rings is 1. The van der Waals surface area contributed by atoms with Gasteiger partial charge in [-0.05, 0) is 62.2 Å². The van der Waals surface area contributed by atoms with E-state index in [0.717, 1.165) is 6.07 Å². The lowest BCUT2D eigenvalue weighted by Gasteiger charge is -2.09. The minimum Gasteiger partial charge on any atom is -0.478 e. The first-order chi connectivity index (χ1) is 9.79. The van der Waals surface area contributed by atoms with Crippen molar-refractivity contribution in [2.75, 3.05) is 4.72 Å². The highest BCUT2D eigenvalue weighted by Crippen LogP contribution is 2.25. The molecular weight excluding hydrogens is 428 g/mol. The van der Waals surface area contributed by atoms with E-state index in [1.165, 1.54) is 24.4 Å². The number of aromatic carboxylic acids is 1. The Balaban J connectivity index is 2.41. The Morgan fingerprint density at radius 3 is 2.48 bits per heavy atom. The third kappa shape index (κ3) is 3.80. The van der Waals surface area contributed by atoms with E-state index >= 15 is 0 Å². The summed E-state index contributed by atoms with van der Waals surface area (Å²) in [5.41, 5.74) is -0.123. The van der Waals surface area contributed by atoms with Gasteiger partial charge in [0.25, 0.3) is 10.0 Å². The lowest BCUT2D eigenvalue weighted by Crippen LogP contribution is -2.15. The van der Waals surface area contributed by atoms with E-state index in [1.807, 2.05) is 0 Å². The van der Waals surface area contributed by atoms with Gasteiger partial charge in [-0.25, -0.2) is 18.2 Å². The predicted molar refractivity (Wildman–Crippen MR) is 83.8 cm³/mol. The van der Waals surface area contributed by atoms with Crippen molar-refractivity contribution in [3.05, 3.63) is 51.0 Å². The molecule has 2 aromatic rings. The Kier molecular flexibility index (Phi) is 4.64. The standard InChI is InChI=1S/C12H8Br2N2O4S/c13-8-2-4-11(15-6-8)16-21(19,20)10-5-7(12(17)18)1-3-9(10)14/h1-6H,(H,15,16)(H,17,18). The van der Waals surface area contributed by atoms with Crippen LogP contribution in [0, 0.1) is 0 Å². The van der Waals surface area contributed by atoms with Crippen molar-refractivity contribution in [3.8, 4) is 0 Å². The van der Waals surface area contributed by atoms with Gasteiger partial charge in [0, 0.05) is 15.1 Å². The lowest BCUT2D eigenvalue weighted by atomic mass is 10.2. The number of nitrogens with one attached hydrogen (secondary N) is 1. The number of nitrogens with zero attached hydrogens (tertiary/aromatic N) is 1. The molecule has 1 aromatic carbocycles. The molecule has 110 valence electrons. The van der Waals surface area contributed by atoms with Gasteiger partial charge in [0.1, 0.15) is 10.7 Å². The zero-order valence-electron chi connectivity index (χ0n) is 10.2. The molecule has 0 unspecified atom stereocenters. The van der Waals surface area contributed by atoms with Gasteiger partial charge in [0.15, 0.2) is 0 Å². The molecule has 0 radical (unpaired) electrons. The molecule has 0 saturated heterocycles. The van der Waals surface area contributed by atoms with Crippen molar-refractivity contribution in [1.82, 2.24) is 4.98 Å². The molecule has 0 aliphatic rings. The number of rotatable bonds is 4. The van der Waals surface area contributed by atoms with Gasteiger partial charge in [0.05, 0.1) is 5.56 Å². The fraction of sp³-hybridized carbons (Fsp3) is 0. The topological polar surface area (TPSA) is 96.4 Å². The molecule has 0 saturated carbocycles. The average Bonchev–Trinajstić information content (AvgIpc) is 2.41. The molecule has 0 spiro atoms. The Morgan fingerprint density at radius 2 is 1.90 bits per heavy atom. The highest BCUT2D eigenvalue weighted by atomic mass is 79.9. The van der Waals surface area contributed by atoms with Crippen LogP contribution in [0.1, 0.15) is 10.4 Å². The number of carboxylic acid groups (broad SMARTS) is 1. The molecule has 21 heavy (non-hydrogen) atoms. The summed E-state index contributed by atoms with van der Waals surface area (Å²) in [6.07, 6.45) is 1.45. The summed E-state index contributed by atoms with van der Waals surface area (Å²) in [5.74, 6) is -1.08. The molecule has 2 N–H and O–H groups in total. The molecule has 0 fully saturated rings. The molecule has 6 nitrogen and oxygen atoms in total. The molecule has 1 heterocycles. The fourth-order valence-corrected chi connectivity index (χ4v) is 3.70. The van der Waals surface area contributed by atoms with Crippen LogP contribution >= 0.6 is 31.9 Å². The maximum Gasteiger partial charge on any atom is 0.335 e. The van der Waals surface area contributed by atoms with E-state index < -0.39 is 16.0 Å². The maximum absolute atomic E-state index is 12.3. The summed E-state index contributed by atoms with van der Waals surface area (Å²) >= 11 is 6.29. The second kappa shape index (κ2) is 6.12.